The summed E-state index contributed by atoms with van der Waals surface area (Å²) in [4.78, 5) is 21.3. The molecule has 1 saturated heterocycles. The standard InChI is InChI=1S/C25H24N6O3S2.H2/c1-18-15-29(20-6-8-21(9-7-20)36(33,34)28-25-27-10-13-35-25)11-12-31(18)24(32)17-30-16-19(14-26)22-4-2-3-5-23(22)30;/h2-10,13,16,18H,11-12,15,17H2,1H3,(H,27,28);1H. The molecule has 5 rings (SSSR count). The van der Waals surface area contributed by atoms with Crippen LogP contribution in [0.4, 0.5) is 10.8 Å². The maximum atomic E-state index is 13.2. The Hall–Kier alpha value is -3.88. The third-order valence-corrected chi connectivity index (χ3v) is 8.50. The molecule has 1 amide bonds. The lowest BCUT2D eigenvalue weighted by Gasteiger charge is -2.41. The number of carbonyl (C=O) groups is 1. The van der Waals surface area contributed by atoms with Gasteiger partial charge in [-0.1, -0.05) is 18.2 Å². The first kappa shape index (κ1) is 23.8. The number of thiazole rings is 1. The van der Waals surface area contributed by atoms with Crippen LogP contribution in [0.2, 0.25) is 0 Å². The van der Waals surface area contributed by atoms with Crippen LogP contribution in [0.1, 0.15) is 13.9 Å². The van der Waals surface area contributed by atoms with E-state index in [1.54, 1.807) is 42.0 Å². The maximum absolute atomic E-state index is 13.2. The number of nitriles is 1. The number of sulfonamides is 1. The Labute approximate surface area is 214 Å². The summed E-state index contributed by atoms with van der Waals surface area (Å²) >= 11 is 1.22. The number of para-hydroxylation sites is 1. The van der Waals surface area contributed by atoms with Gasteiger partial charge >= 0.3 is 0 Å². The van der Waals surface area contributed by atoms with Crippen molar-refractivity contribution in [3.05, 3.63) is 71.9 Å². The van der Waals surface area contributed by atoms with Crippen molar-refractivity contribution in [1.29, 1.82) is 5.26 Å². The highest BCUT2D eigenvalue weighted by atomic mass is 32.2. The van der Waals surface area contributed by atoms with Gasteiger partial charge < -0.3 is 14.4 Å². The first-order valence-corrected chi connectivity index (χ1v) is 13.8. The maximum Gasteiger partial charge on any atom is 0.263 e. The Morgan fingerprint density at radius 3 is 2.69 bits per heavy atom. The van der Waals surface area contributed by atoms with Crippen LogP contribution < -0.4 is 9.62 Å². The number of piperazine rings is 1. The van der Waals surface area contributed by atoms with E-state index >= 15 is 0 Å². The molecule has 2 aromatic carbocycles. The molecule has 1 N–H and O–H groups in total. The molecule has 9 nitrogen and oxygen atoms in total. The third-order valence-electron chi connectivity index (χ3n) is 6.33. The number of benzene rings is 2. The summed E-state index contributed by atoms with van der Waals surface area (Å²) in [7, 11) is -3.70. The molecule has 0 saturated carbocycles. The molecular formula is C25H26N6O3S2. The SMILES string of the molecule is CC1CN(c2ccc(S(=O)(=O)Nc3nccs3)cc2)CCN1C(=O)Cn1cc(C#N)c2ccccc21.[HH]. The Bertz CT molecular complexity index is 1550. The van der Waals surface area contributed by atoms with Crippen LogP contribution in [0.25, 0.3) is 10.9 Å². The molecule has 0 radical (unpaired) electrons. The third kappa shape index (κ3) is 4.65. The highest BCUT2D eigenvalue weighted by Gasteiger charge is 2.28. The first-order chi connectivity index (χ1) is 17.4. The number of hydrogen-bond donors (Lipinski definition) is 1. The molecule has 0 spiro atoms. The number of rotatable bonds is 6. The Balaban J connectivity index is 0.00000320. The molecule has 0 bridgehead atoms. The van der Waals surface area contributed by atoms with Crippen molar-refractivity contribution in [2.24, 2.45) is 0 Å². The summed E-state index contributed by atoms with van der Waals surface area (Å²) in [5.74, 6) is 0.00194. The van der Waals surface area contributed by atoms with Gasteiger partial charge in [-0.25, -0.2) is 13.4 Å². The zero-order valence-corrected chi connectivity index (χ0v) is 21.2. The smallest absolute Gasteiger partial charge is 0.263 e. The molecule has 1 atom stereocenters. The monoisotopic (exact) mass is 522 g/mol. The number of amides is 1. The van der Waals surface area contributed by atoms with E-state index in [4.69, 9.17) is 0 Å². The average Bonchev–Trinajstić information content (AvgIpc) is 3.51. The number of nitrogens with one attached hydrogen (secondary N) is 1. The fraction of sp³-hybridized carbons (Fsp3) is 0.240. The summed E-state index contributed by atoms with van der Waals surface area (Å²) in [5, 5.41) is 12.3. The van der Waals surface area contributed by atoms with Crippen molar-refractivity contribution in [3.8, 4) is 6.07 Å². The van der Waals surface area contributed by atoms with Crippen molar-refractivity contribution < 1.29 is 14.6 Å². The van der Waals surface area contributed by atoms with Crippen LogP contribution in [0.15, 0.2) is 71.2 Å². The minimum atomic E-state index is -3.70. The molecule has 1 aliphatic rings. The van der Waals surface area contributed by atoms with E-state index in [-0.39, 0.29) is 24.8 Å². The second-order valence-corrected chi connectivity index (χ2v) is 11.2. The van der Waals surface area contributed by atoms with Gasteiger partial charge in [0.05, 0.1) is 10.5 Å². The van der Waals surface area contributed by atoms with Gasteiger partial charge in [-0.3, -0.25) is 9.52 Å². The number of carbonyl (C=O) groups excluding carboxylic acids is 1. The van der Waals surface area contributed by atoms with Crippen LogP contribution in [0.3, 0.4) is 0 Å². The van der Waals surface area contributed by atoms with Crippen molar-refractivity contribution in [2.75, 3.05) is 29.3 Å². The number of anilines is 2. The predicted molar refractivity (Wildman–Crippen MR) is 142 cm³/mol. The highest BCUT2D eigenvalue weighted by Crippen LogP contribution is 2.25. The summed E-state index contributed by atoms with van der Waals surface area (Å²) < 4.78 is 29.5. The van der Waals surface area contributed by atoms with Gasteiger partial charge in [-0.2, -0.15) is 5.26 Å². The highest BCUT2D eigenvalue weighted by molar-refractivity contribution is 7.93. The van der Waals surface area contributed by atoms with Gasteiger partial charge in [-0.15, -0.1) is 11.3 Å². The quantitative estimate of drug-likeness (QED) is 0.413. The normalized spacial score (nSPS) is 16.2. The largest absolute Gasteiger partial charge is 0.368 e. The van der Waals surface area contributed by atoms with E-state index in [9.17, 15) is 18.5 Å². The van der Waals surface area contributed by atoms with Gasteiger partial charge in [-0.05, 0) is 37.3 Å². The molecule has 1 aliphatic heterocycles. The summed E-state index contributed by atoms with van der Waals surface area (Å²) in [6.45, 7) is 4.00. The Kier molecular flexibility index (Phi) is 6.38. The van der Waals surface area contributed by atoms with E-state index in [1.165, 1.54) is 11.3 Å². The predicted octanol–water partition coefficient (Wildman–Crippen LogP) is 3.75. The van der Waals surface area contributed by atoms with Crippen LogP contribution >= 0.6 is 11.3 Å². The van der Waals surface area contributed by atoms with Gasteiger partial charge in [0.1, 0.15) is 12.6 Å². The Morgan fingerprint density at radius 1 is 1.22 bits per heavy atom. The summed E-state index contributed by atoms with van der Waals surface area (Å²) in [6, 6.07) is 16.5. The second kappa shape index (κ2) is 9.64. The fourth-order valence-electron chi connectivity index (χ4n) is 4.55. The van der Waals surface area contributed by atoms with Crippen molar-refractivity contribution >= 4 is 49.0 Å². The molecule has 1 fully saturated rings. The van der Waals surface area contributed by atoms with Gasteiger partial charge in [0.15, 0.2) is 5.13 Å². The zero-order chi connectivity index (χ0) is 25.3. The fourth-order valence-corrected chi connectivity index (χ4v) is 6.34. The molecule has 11 heteroatoms. The lowest BCUT2D eigenvalue weighted by atomic mass is 10.1. The number of aromatic nitrogens is 2. The summed E-state index contributed by atoms with van der Waals surface area (Å²) in [5.41, 5.74) is 2.33. The van der Waals surface area contributed by atoms with E-state index in [0.717, 1.165) is 16.6 Å². The molecule has 3 heterocycles. The lowest BCUT2D eigenvalue weighted by Crippen LogP contribution is -2.54. The second-order valence-electron chi connectivity index (χ2n) is 8.62. The lowest BCUT2D eigenvalue weighted by molar-refractivity contribution is -0.134. The molecule has 186 valence electrons. The van der Waals surface area contributed by atoms with Crippen molar-refractivity contribution in [2.45, 2.75) is 24.4 Å². The van der Waals surface area contributed by atoms with Gasteiger partial charge in [0.2, 0.25) is 5.91 Å². The minimum Gasteiger partial charge on any atom is -0.368 e. The first-order valence-electron chi connectivity index (χ1n) is 11.4. The molecule has 1 unspecified atom stereocenters. The molecule has 4 aromatic rings. The van der Waals surface area contributed by atoms with Gasteiger partial charge in [0.25, 0.3) is 10.0 Å². The zero-order valence-electron chi connectivity index (χ0n) is 19.5. The average molecular weight is 523 g/mol. The van der Waals surface area contributed by atoms with Crippen LogP contribution in [-0.4, -0.2) is 54.5 Å². The van der Waals surface area contributed by atoms with Crippen molar-refractivity contribution in [3.63, 3.8) is 0 Å². The van der Waals surface area contributed by atoms with Crippen LogP contribution in [0.5, 0.6) is 0 Å². The molecular weight excluding hydrogens is 496 g/mol. The van der Waals surface area contributed by atoms with Crippen molar-refractivity contribution in [1.82, 2.24) is 14.5 Å². The van der Waals surface area contributed by atoms with Crippen LogP contribution in [-0.2, 0) is 21.4 Å². The van der Waals surface area contributed by atoms with E-state index in [0.29, 0.717) is 30.3 Å². The molecule has 0 aliphatic carbocycles. The van der Waals surface area contributed by atoms with E-state index < -0.39 is 10.0 Å². The molecule has 36 heavy (non-hydrogen) atoms. The minimum absolute atomic E-state index is 0. The number of fused-ring (bicyclic) bond motifs is 1. The van der Waals surface area contributed by atoms with E-state index in [1.807, 2.05) is 40.7 Å². The molecule has 2 aromatic heterocycles. The number of hydrogen-bond acceptors (Lipinski definition) is 7. The van der Waals surface area contributed by atoms with Crippen LogP contribution in [0, 0.1) is 11.3 Å². The number of nitrogens with zero attached hydrogens (tertiary/aromatic N) is 5. The topological polar surface area (TPSA) is 111 Å². The van der Waals surface area contributed by atoms with Gasteiger partial charge in [0, 0.05) is 61.5 Å². The Morgan fingerprint density at radius 2 is 2.00 bits per heavy atom. The summed E-state index contributed by atoms with van der Waals surface area (Å²) in [6.07, 6.45) is 3.28. The van der Waals surface area contributed by atoms with E-state index in [2.05, 4.69) is 20.7 Å².